The van der Waals surface area contributed by atoms with Gasteiger partial charge in [-0.2, -0.15) is 0 Å². The Labute approximate surface area is 81.4 Å². The summed E-state index contributed by atoms with van der Waals surface area (Å²) in [4.78, 5) is 13.3. The fraction of sp³-hybridized carbons (Fsp3) is 0.222. The number of urea groups is 1. The van der Waals surface area contributed by atoms with Gasteiger partial charge in [0.2, 0.25) is 0 Å². The number of hydrogen-bond acceptors (Lipinski definition) is 1. The first-order valence-electron chi connectivity index (χ1n) is 4.07. The van der Waals surface area contributed by atoms with Gasteiger partial charge in [-0.1, -0.05) is 12.1 Å². The number of aryl methyl sites for hydroxylation is 2. The van der Waals surface area contributed by atoms with E-state index in [0.29, 0.717) is 5.69 Å². The van der Waals surface area contributed by atoms with Crippen molar-refractivity contribution in [2.45, 2.75) is 13.8 Å². The molecule has 1 N–H and O–H groups in total. The van der Waals surface area contributed by atoms with Crippen LogP contribution in [0.15, 0.2) is 23.3 Å². The third kappa shape index (κ3) is 2.50. The first kappa shape index (κ1) is 10.1. The van der Waals surface area contributed by atoms with Crippen molar-refractivity contribution in [3.8, 4) is 0 Å². The van der Waals surface area contributed by atoms with Crippen LogP contribution in [-0.2, 0) is 0 Å². The molecule has 0 heterocycles. The van der Waals surface area contributed by atoms with Gasteiger partial charge in [-0.05, 0) is 36.6 Å². The van der Waals surface area contributed by atoms with Gasteiger partial charge < -0.3 is 5.32 Å². The Balaban J connectivity index is 2.90. The van der Waals surface area contributed by atoms with Crippen molar-refractivity contribution in [2.75, 3.05) is 5.32 Å². The van der Waals surface area contributed by atoms with Crippen LogP contribution in [0.5, 0.6) is 0 Å². The molecule has 1 aromatic carbocycles. The number of anilines is 1. The highest BCUT2D eigenvalue weighted by molar-refractivity contribution is 5.90. The molecule has 0 aromatic heterocycles. The zero-order valence-electron chi connectivity index (χ0n) is 7.98. The smallest absolute Gasteiger partial charge is 0.312 e. The molecule has 5 nitrogen and oxygen atoms in total. The van der Waals surface area contributed by atoms with E-state index < -0.39 is 6.03 Å². The number of benzene rings is 1. The van der Waals surface area contributed by atoms with E-state index in [1.165, 1.54) is 0 Å². The summed E-state index contributed by atoms with van der Waals surface area (Å²) < 4.78 is 0. The molecule has 72 valence electrons. The number of azide groups is 1. The molecule has 0 saturated heterocycles. The molecule has 0 bridgehead atoms. The molecule has 0 atom stereocenters. The molecule has 5 heteroatoms. The lowest BCUT2D eigenvalue weighted by Crippen LogP contribution is -2.06. The number of nitrogens with zero attached hydrogens (tertiary/aromatic N) is 3. The van der Waals surface area contributed by atoms with Gasteiger partial charge in [0.15, 0.2) is 0 Å². The summed E-state index contributed by atoms with van der Waals surface area (Å²) in [5.74, 6) is 0. The van der Waals surface area contributed by atoms with Gasteiger partial charge in [0, 0.05) is 15.7 Å². The van der Waals surface area contributed by atoms with Crippen LogP contribution in [0.1, 0.15) is 11.1 Å². The zero-order valence-corrected chi connectivity index (χ0v) is 7.98. The lowest BCUT2D eigenvalue weighted by Gasteiger charge is -2.06. The second-order valence-corrected chi connectivity index (χ2v) is 2.94. The number of amides is 2. The van der Waals surface area contributed by atoms with Crippen LogP contribution < -0.4 is 5.32 Å². The quantitative estimate of drug-likeness (QED) is 0.412. The highest BCUT2D eigenvalue weighted by Gasteiger charge is 2.01. The van der Waals surface area contributed by atoms with Gasteiger partial charge in [0.25, 0.3) is 0 Å². The summed E-state index contributed by atoms with van der Waals surface area (Å²) in [5.41, 5.74) is 10.7. The predicted octanol–water partition coefficient (Wildman–Crippen LogP) is 3.15. The maximum atomic E-state index is 10.9. The Kier molecular flexibility index (Phi) is 3.09. The third-order valence-corrected chi connectivity index (χ3v) is 1.77. The maximum absolute atomic E-state index is 10.9. The molecular weight excluding hydrogens is 180 g/mol. The van der Waals surface area contributed by atoms with Gasteiger partial charge in [-0.25, -0.2) is 0 Å². The molecule has 0 saturated carbocycles. The van der Waals surface area contributed by atoms with Crippen LogP contribution in [0.4, 0.5) is 10.5 Å². The molecule has 0 spiro atoms. The summed E-state index contributed by atoms with van der Waals surface area (Å²) in [5, 5.41) is 5.41. The van der Waals surface area contributed by atoms with Crippen molar-refractivity contribution in [1.29, 1.82) is 0 Å². The van der Waals surface area contributed by atoms with E-state index in [1.54, 1.807) is 0 Å². The first-order chi connectivity index (χ1) is 6.63. The average molecular weight is 190 g/mol. The van der Waals surface area contributed by atoms with Gasteiger partial charge >= 0.3 is 6.03 Å². The summed E-state index contributed by atoms with van der Waals surface area (Å²) in [6.45, 7) is 3.79. The lowest BCUT2D eigenvalue weighted by atomic mass is 10.1. The van der Waals surface area contributed by atoms with Crippen LogP contribution >= 0.6 is 0 Å². The Bertz CT molecular complexity index is 407. The van der Waals surface area contributed by atoms with E-state index in [0.717, 1.165) is 11.1 Å². The second kappa shape index (κ2) is 4.30. The van der Waals surface area contributed by atoms with Gasteiger partial charge in [-0.15, -0.1) is 0 Å². The Morgan fingerprint density at radius 1 is 1.50 bits per heavy atom. The molecule has 0 aliphatic carbocycles. The summed E-state index contributed by atoms with van der Waals surface area (Å²) >= 11 is 0. The SMILES string of the molecule is Cc1ccc(C)c(NC(=O)N=[N+]=[N-])c1. The number of rotatable bonds is 1. The van der Waals surface area contributed by atoms with Crippen molar-refractivity contribution < 1.29 is 4.79 Å². The molecule has 0 aliphatic heterocycles. The molecule has 1 aromatic rings. The van der Waals surface area contributed by atoms with Crippen LogP contribution in [0.3, 0.4) is 0 Å². The number of nitrogens with one attached hydrogen (secondary N) is 1. The zero-order chi connectivity index (χ0) is 10.6. The number of hydrogen-bond donors (Lipinski definition) is 1. The largest absolute Gasteiger partial charge is 0.320 e. The number of carbonyl (C=O) groups excluding carboxylic acids is 1. The Morgan fingerprint density at radius 3 is 2.86 bits per heavy atom. The minimum Gasteiger partial charge on any atom is -0.320 e. The monoisotopic (exact) mass is 190 g/mol. The molecule has 1 rings (SSSR count). The molecule has 0 unspecified atom stereocenters. The Hall–Kier alpha value is -2.00. The standard InChI is InChI=1S/C9H10N4O/c1-6-3-4-7(2)8(5-6)11-9(14)12-13-10/h3-5H,1-2H3,(H,11,14). The van der Waals surface area contributed by atoms with Crippen molar-refractivity contribution in [1.82, 2.24) is 0 Å². The van der Waals surface area contributed by atoms with Crippen LogP contribution in [0.25, 0.3) is 10.4 Å². The molecule has 2 amide bonds. The van der Waals surface area contributed by atoms with E-state index in [9.17, 15) is 4.79 Å². The maximum Gasteiger partial charge on any atom is 0.312 e. The lowest BCUT2D eigenvalue weighted by molar-refractivity contribution is 0.259. The van der Waals surface area contributed by atoms with E-state index >= 15 is 0 Å². The summed E-state index contributed by atoms with van der Waals surface area (Å²) in [6, 6.07) is 4.96. The molecule has 0 fully saturated rings. The number of carbonyl (C=O) groups is 1. The summed E-state index contributed by atoms with van der Waals surface area (Å²) in [6.07, 6.45) is 0. The average Bonchev–Trinajstić information content (AvgIpc) is 2.12. The van der Waals surface area contributed by atoms with E-state index in [1.807, 2.05) is 32.0 Å². The third-order valence-electron chi connectivity index (χ3n) is 1.77. The van der Waals surface area contributed by atoms with Crippen LogP contribution in [0, 0.1) is 13.8 Å². The minimum absolute atomic E-state index is 0.669. The fourth-order valence-corrected chi connectivity index (χ4v) is 1.05. The molecule has 14 heavy (non-hydrogen) atoms. The van der Waals surface area contributed by atoms with Gasteiger partial charge in [-0.3, -0.25) is 4.79 Å². The molecule has 0 aliphatic rings. The van der Waals surface area contributed by atoms with Crippen molar-refractivity contribution in [3.05, 3.63) is 39.8 Å². The molecular formula is C9H10N4O. The van der Waals surface area contributed by atoms with E-state index in [2.05, 4.69) is 15.3 Å². The van der Waals surface area contributed by atoms with Gasteiger partial charge in [0.1, 0.15) is 0 Å². The normalized spacial score (nSPS) is 9.00. The first-order valence-corrected chi connectivity index (χ1v) is 4.07. The van der Waals surface area contributed by atoms with Gasteiger partial charge in [0.05, 0.1) is 0 Å². The van der Waals surface area contributed by atoms with Crippen LogP contribution in [0.2, 0.25) is 0 Å². The van der Waals surface area contributed by atoms with Crippen molar-refractivity contribution in [2.24, 2.45) is 5.11 Å². The summed E-state index contributed by atoms with van der Waals surface area (Å²) in [7, 11) is 0. The predicted molar refractivity (Wildman–Crippen MR) is 54.1 cm³/mol. The topological polar surface area (TPSA) is 77.9 Å². The highest BCUT2D eigenvalue weighted by atomic mass is 16.2. The Morgan fingerprint density at radius 2 is 2.21 bits per heavy atom. The second-order valence-electron chi connectivity index (χ2n) is 2.94. The van der Waals surface area contributed by atoms with Crippen LogP contribution in [-0.4, -0.2) is 6.03 Å². The highest BCUT2D eigenvalue weighted by Crippen LogP contribution is 2.16. The minimum atomic E-state index is -0.693. The van der Waals surface area contributed by atoms with E-state index in [4.69, 9.17) is 5.53 Å². The molecule has 0 radical (unpaired) electrons. The van der Waals surface area contributed by atoms with Crippen molar-refractivity contribution in [3.63, 3.8) is 0 Å². The van der Waals surface area contributed by atoms with Crippen molar-refractivity contribution >= 4 is 11.7 Å². The fourth-order valence-electron chi connectivity index (χ4n) is 1.05. The van der Waals surface area contributed by atoms with E-state index in [-0.39, 0.29) is 0 Å².